The Morgan fingerprint density at radius 2 is 1.96 bits per heavy atom. The lowest BCUT2D eigenvalue weighted by Gasteiger charge is -2.04. The predicted octanol–water partition coefficient (Wildman–Crippen LogP) is 5.88. The van der Waals surface area contributed by atoms with E-state index in [0.29, 0.717) is 23.5 Å². The molecule has 2 aromatic heterocycles. The summed E-state index contributed by atoms with van der Waals surface area (Å²) in [4.78, 5) is 11.9. The molecule has 0 spiro atoms. The molecule has 1 aromatic carbocycles. The smallest absolute Gasteiger partial charge is 0.383 e. The lowest BCUT2D eigenvalue weighted by Crippen LogP contribution is -1.94. The van der Waals surface area contributed by atoms with Gasteiger partial charge in [-0.05, 0) is 52.2 Å². The van der Waals surface area contributed by atoms with E-state index in [2.05, 4.69) is 32.9 Å². The highest BCUT2D eigenvalue weighted by Gasteiger charge is 2.32. The minimum Gasteiger partial charge on any atom is -0.464 e. The Morgan fingerprint density at radius 1 is 1.12 bits per heavy atom. The lowest BCUT2D eigenvalue weighted by molar-refractivity contribution is 0.539. The second kappa shape index (κ2) is 5.96. The van der Waals surface area contributed by atoms with Crippen LogP contribution < -0.4 is 10.4 Å². The number of rotatable bonds is 5. The zero-order valence-electron chi connectivity index (χ0n) is 14.6. The normalized spacial score (nSPS) is 13.0. The third kappa shape index (κ3) is 2.88. The number of ether oxygens (including phenoxy) is 1. The SMILES string of the molecule is CC(C)=CCCC(C)=CCc1c2occc2cc2c3c(c(=O)oc12)O3. The summed E-state index contributed by atoms with van der Waals surface area (Å²) < 4.78 is 16.5. The average Bonchev–Trinajstić information content (AvgIpc) is 3.24. The maximum atomic E-state index is 11.9. The molecule has 3 heterocycles. The lowest BCUT2D eigenvalue weighted by atomic mass is 10.0. The second-order valence-electron chi connectivity index (χ2n) is 6.80. The van der Waals surface area contributed by atoms with Gasteiger partial charge in [-0.25, -0.2) is 4.79 Å². The first kappa shape index (κ1) is 15.8. The third-order valence-electron chi connectivity index (χ3n) is 4.53. The van der Waals surface area contributed by atoms with Gasteiger partial charge in [0.15, 0.2) is 5.75 Å². The standard InChI is InChI=1S/C21H20O4/c1-12(2)5-4-6-13(3)7-8-15-17-14(9-10-23-17)11-16-18(15)25-21(22)20-19(16)24-20/h5,7,9-11H,4,6,8H2,1-3H3. The molecule has 0 amide bonds. The fourth-order valence-electron chi connectivity index (χ4n) is 3.13. The molecule has 0 aliphatic carbocycles. The van der Waals surface area contributed by atoms with Crippen LogP contribution in [0.15, 0.2) is 55.3 Å². The first-order chi connectivity index (χ1) is 12.0. The van der Waals surface area contributed by atoms with Crippen molar-refractivity contribution >= 4 is 21.9 Å². The molecule has 0 atom stereocenters. The minimum absolute atomic E-state index is 0.328. The Hall–Kier alpha value is -2.75. The molecular formula is C21H20O4. The van der Waals surface area contributed by atoms with E-state index in [9.17, 15) is 4.79 Å². The van der Waals surface area contributed by atoms with Gasteiger partial charge in [-0.15, -0.1) is 0 Å². The largest absolute Gasteiger partial charge is 0.464 e. The van der Waals surface area contributed by atoms with Crippen molar-refractivity contribution in [2.75, 3.05) is 0 Å². The van der Waals surface area contributed by atoms with E-state index < -0.39 is 5.63 Å². The maximum Gasteiger partial charge on any atom is 0.383 e. The van der Waals surface area contributed by atoms with Gasteiger partial charge in [0.2, 0.25) is 0 Å². The molecule has 1 aliphatic heterocycles. The van der Waals surface area contributed by atoms with Crippen LogP contribution in [0, 0.1) is 0 Å². The Kier molecular flexibility index (Phi) is 3.75. The van der Waals surface area contributed by atoms with E-state index in [-0.39, 0.29) is 0 Å². The first-order valence-corrected chi connectivity index (χ1v) is 8.51. The first-order valence-electron chi connectivity index (χ1n) is 8.51. The van der Waals surface area contributed by atoms with Crippen LogP contribution in [0.2, 0.25) is 0 Å². The average molecular weight is 336 g/mol. The zero-order valence-corrected chi connectivity index (χ0v) is 14.6. The van der Waals surface area contributed by atoms with E-state index in [1.165, 1.54) is 11.1 Å². The number of furan rings is 1. The van der Waals surface area contributed by atoms with Gasteiger partial charge >= 0.3 is 5.63 Å². The molecule has 0 fully saturated rings. The van der Waals surface area contributed by atoms with Crippen LogP contribution in [-0.4, -0.2) is 0 Å². The molecule has 4 nitrogen and oxygen atoms in total. The molecule has 1 aliphatic rings. The Bertz CT molecular complexity index is 1090. The van der Waals surface area contributed by atoms with Crippen LogP contribution in [0.4, 0.5) is 0 Å². The molecule has 0 N–H and O–H groups in total. The van der Waals surface area contributed by atoms with Gasteiger partial charge in [0.05, 0.1) is 11.6 Å². The Labute approximate surface area is 145 Å². The summed E-state index contributed by atoms with van der Waals surface area (Å²) in [5.74, 6) is 0.967. The fraction of sp³-hybridized carbons (Fsp3) is 0.286. The van der Waals surface area contributed by atoms with E-state index in [0.717, 1.165) is 34.8 Å². The Balaban J connectivity index is 1.74. The second-order valence-corrected chi connectivity index (χ2v) is 6.80. The van der Waals surface area contributed by atoms with Crippen molar-refractivity contribution in [1.82, 2.24) is 0 Å². The molecule has 0 saturated carbocycles. The molecule has 4 heteroatoms. The molecule has 25 heavy (non-hydrogen) atoms. The van der Waals surface area contributed by atoms with Gasteiger partial charge in [0, 0.05) is 10.9 Å². The molecule has 0 bridgehead atoms. The van der Waals surface area contributed by atoms with Crippen LogP contribution >= 0.6 is 0 Å². The van der Waals surface area contributed by atoms with Gasteiger partial charge in [-0.2, -0.15) is 0 Å². The van der Waals surface area contributed by atoms with Crippen molar-refractivity contribution in [2.24, 2.45) is 0 Å². The minimum atomic E-state index is -0.418. The molecule has 4 rings (SSSR count). The topological polar surface area (TPSA) is 55.9 Å². The summed E-state index contributed by atoms with van der Waals surface area (Å²) in [7, 11) is 0. The maximum absolute atomic E-state index is 11.9. The molecule has 0 unspecified atom stereocenters. The number of allylic oxidation sites excluding steroid dienone is 4. The summed E-state index contributed by atoms with van der Waals surface area (Å²) in [5.41, 5.74) is 4.46. The van der Waals surface area contributed by atoms with Crippen molar-refractivity contribution < 1.29 is 13.6 Å². The van der Waals surface area contributed by atoms with Gasteiger partial charge < -0.3 is 13.6 Å². The third-order valence-corrected chi connectivity index (χ3v) is 4.53. The quantitative estimate of drug-likeness (QED) is 0.259. The van der Waals surface area contributed by atoms with E-state index >= 15 is 0 Å². The summed E-state index contributed by atoms with van der Waals surface area (Å²) in [6.07, 6.45) is 8.79. The van der Waals surface area contributed by atoms with Crippen molar-refractivity contribution in [2.45, 2.75) is 40.0 Å². The number of hydrogen-bond donors (Lipinski definition) is 0. The predicted molar refractivity (Wildman–Crippen MR) is 98.5 cm³/mol. The molecule has 0 radical (unpaired) electrons. The summed E-state index contributed by atoms with van der Waals surface area (Å²) in [5, 5.41) is 1.83. The Morgan fingerprint density at radius 3 is 2.76 bits per heavy atom. The van der Waals surface area contributed by atoms with Crippen LogP contribution in [0.3, 0.4) is 0 Å². The van der Waals surface area contributed by atoms with Crippen molar-refractivity contribution in [3.63, 3.8) is 0 Å². The summed E-state index contributed by atoms with van der Waals surface area (Å²) in [6, 6.07) is 3.88. The van der Waals surface area contributed by atoms with Gasteiger partial charge in [-0.3, -0.25) is 0 Å². The van der Waals surface area contributed by atoms with E-state index in [4.69, 9.17) is 13.6 Å². The van der Waals surface area contributed by atoms with E-state index in [1.807, 2.05) is 12.1 Å². The van der Waals surface area contributed by atoms with Crippen LogP contribution in [-0.2, 0) is 6.42 Å². The number of benzene rings is 1. The molecule has 0 saturated heterocycles. The van der Waals surface area contributed by atoms with Crippen LogP contribution in [0.1, 0.15) is 39.2 Å². The highest BCUT2D eigenvalue weighted by molar-refractivity contribution is 6.02. The van der Waals surface area contributed by atoms with Gasteiger partial charge in [0.25, 0.3) is 5.75 Å². The summed E-state index contributed by atoms with van der Waals surface area (Å²) in [6.45, 7) is 6.35. The van der Waals surface area contributed by atoms with Crippen molar-refractivity contribution in [3.05, 3.63) is 57.7 Å². The van der Waals surface area contributed by atoms with Gasteiger partial charge in [0.1, 0.15) is 11.2 Å². The highest BCUT2D eigenvalue weighted by Crippen LogP contribution is 2.49. The fourth-order valence-corrected chi connectivity index (χ4v) is 3.13. The molecule has 128 valence electrons. The number of hydrogen-bond acceptors (Lipinski definition) is 4. The zero-order chi connectivity index (χ0) is 17.6. The molecular weight excluding hydrogens is 316 g/mol. The van der Waals surface area contributed by atoms with Gasteiger partial charge in [-0.1, -0.05) is 23.3 Å². The van der Waals surface area contributed by atoms with E-state index in [1.54, 1.807) is 6.26 Å². The van der Waals surface area contributed by atoms with Crippen LogP contribution in [0.25, 0.3) is 21.9 Å². The highest BCUT2D eigenvalue weighted by atomic mass is 16.6. The monoisotopic (exact) mass is 336 g/mol. The van der Waals surface area contributed by atoms with Crippen molar-refractivity contribution in [3.8, 4) is 11.5 Å². The molecule has 3 aromatic rings. The van der Waals surface area contributed by atoms with Crippen molar-refractivity contribution in [1.29, 1.82) is 0 Å². The number of fused-ring (bicyclic) bond motifs is 4. The van der Waals surface area contributed by atoms with Crippen LogP contribution in [0.5, 0.6) is 11.5 Å². The summed E-state index contributed by atoms with van der Waals surface area (Å²) >= 11 is 0.